The van der Waals surface area contributed by atoms with E-state index in [9.17, 15) is 34.8 Å². The molecule has 18 heteroatoms. The Morgan fingerprint density at radius 2 is 0.743 bits per heavy atom. The first-order valence-electron chi connectivity index (χ1n) is 20.7. The van der Waals surface area contributed by atoms with E-state index >= 15 is 0 Å². The van der Waals surface area contributed by atoms with Crippen LogP contribution in [0.3, 0.4) is 0 Å². The zero-order chi connectivity index (χ0) is 49.9. The summed E-state index contributed by atoms with van der Waals surface area (Å²) >= 11 is 0. The van der Waals surface area contributed by atoms with Crippen molar-refractivity contribution in [3.8, 4) is 29.0 Å². The molecular formula is C52H45CuF6N3O5P3+2. The number of carbonyl (C=O) groups excluding carboxylic acids is 2. The minimum absolute atomic E-state index is 0. The summed E-state index contributed by atoms with van der Waals surface area (Å²) in [7, 11) is -10.6. The van der Waals surface area contributed by atoms with Gasteiger partial charge in [0.1, 0.15) is 47.7 Å². The Balaban J connectivity index is 0.000000287. The number of ether oxygens (including phenoxy) is 3. The van der Waals surface area contributed by atoms with E-state index in [1.165, 1.54) is 65.4 Å². The van der Waals surface area contributed by atoms with Crippen LogP contribution in [0.5, 0.6) is 11.5 Å². The van der Waals surface area contributed by atoms with Gasteiger partial charge in [-0.25, -0.2) is 9.59 Å². The van der Waals surface area contributed by atoms with Crippen molar-refractivity contribution in [1.82, 2.24) is 9.97 Å². The Hall–Kier alpha value is -6.76. The number of benzene rings is 6. The van der Waals surface area contributed by atoms with E-state index in [1.54, 1.807) is 30.3 Å². The molecule has 0 amide bonds. The minimum Gasteiger partial charge on any atom is -0.449 e. The maximum Gasteiger partial charge on any atom is 1.00 e. The summed E-state index contributed by atoms with van der Waals surface area (Å²) in [6, 6.07) is 68.5. The smallest absolute Gasteiger partial charge is 0.449 e. The second-order valence-corrected chi connectivity index (χ2v) is 21.1. The number of hydrogen-bond donors (Lipinski definition) is 0. The Morgan fingerprint density at radius 3 is 1.01 bits per heavy atom. The number of carbonyl (C=O) groups is 2. The van der Waals surface area contributed by atoms with Gasteiger partial charge in [-0.15, -0.1) is 0 Å². The summed E-state index contributed by atoms with van der Waals surface area (Å²) < 4.78 is 75.4. The maximum absolute atomic E-state index is 11.5. The van der Waals surface area contributed by atoms with Gasteiger partial charge in [-0.2, -0.15) is 5.26 Å². The molecule has 8 aromatic rings. The molecule has 0 fully saturated rings. The van der Waals surface area contributed by atoms with Crippen LogP contribution in [-0.4, -0.2) is 36.1 Å². The first kappa shape index (κ1) is 55.8. The largest absolute Gasteiger partial charge is 1.00 e. The normalized spacial score (nSPS) is 11.4. The average molecular weight is 1060 g/mol. The number of aromatic nitrogens is 2. The standard InChI is InChI=1S/C36H28OP2.C14H12N2O4.C2H3N.Cu.F6P/c1-5-17-29(18-6-1)38(30-19-7-2-8-20-30)35-27-15-13-25-33(35)37-34-26-14-16-28-36(34)39(31-21-9-3-10-22-31)32-23-11-4-12-24-32;1-19-13(17)9-3-5-15-11(7-9)12-8-10(4-6-16-12)14(18)20-2;1-2-3;;1-7(2,3,4,5)6/h1-28H;3-8H,1-2H3;1H3;;/q;;;+1;-1/p+2. The third-order valence-electron chi connectivity index (χ3n) is 9.41. The number of halogens is 6. The van der Waals surface area contributed by atoms with Gasteiger partial charge in [0, 0.05) is 19.3 Å². The van der Waals surface area contributed by atoms with E-state index < -0.39 is 35.6 Å². The predicted octanol–water partition coefficient (Wildman–Crippen LogP) is 12.1. The first-order chi connectivity index (χ1) is 32.9. The van der Waals surface area contributed by atoms with Crippen molar-refractivity contribution >= 4 is 67.4 Å². The molecule has 0 bridgehead atoms. The molecule has 0 radical (unpaired) electrons. The van der Waals surface area contributed by atoms with Crippen LogP contribution in [-0.2, 0) is 26.5 Å². The molecule has 0 N–H and O–H groups in total. The summed E-state index contributed by atoms with van der Waals surface area (Å²) in [4.78, 5) is 31.2. The van der Waals surface area contributed by atoms with Gasteiger partial charge in [-0.3, -0.25) is 9.97 Å². The number of rotatable bonds is 11. The maximum atomic E-state index is 11.5. The Morgan fingerprint density at radius 1 is 0.486 bits per heavy atom. The molecule has 0 aliphatic heterocycles. The van der Waals surface area contributed by atoms with E-state index in [0.29, 0.717) is 22.5 Å². The molecule has 0 aliphatic carbocycles. The van der Waals surface area contributed by atoms with Crippen molar-refractivity contribution in [3.05, 3.63) is 218 Å². The number of methoxy groups -OCH3 is 2. The fourth-order valence-corrected chi connectivity index (χ4v) is 11.9. The topological polar surface area (TPSA) is 111 Å². The second-order valence-electron chi connectivity index (χ2n) is 14.3. The van der Waals surface area contributed by atoms with Crippen LogP contribution < -0.4 is 36.6 Å². The van der Waals surface area contributed by atoms with E-state index in [2.05, 4.69) is 189 Å². The zero-order valence-electron chi connectivity index (χ0n) is 37.5. The molecule has 2 aromatic heterocycles. The molecule has 8 rings (SSSR count). The van der Waals surface area contributed by atoms with Gasteiger partial charge in [-0.1, -0.05) is 97.1 Å². The Bertz CT molecular complexity index is 2710. The molecular weight excluding hydrogens is 1020 g/mol. The van der Waals surface area contributed by atoms with Crippen molar-refractivity contribution in [1.29, 1.82) is 5.26 Å². The molecule has 0 saturated heterocycles. The van der Waals surface area contributed by atoms with E-state index in [1.807, 2.05) is 0 Å². The van der Waals surface area contributed by atoms with Gasteiger partial charge in [0.15, 0.2) is 11.5 Å². The third kappa shape index (κ3) is 18.0. The third-order valence-corrected chi connectivity index (χ3v) is 15.0. The van der Waals surface area contributed by atoms with Crippen LogP contribution in [0.2, 0.25) is 0 Å². The predicted molar refractivity (Wildman–Crippen MR) is 268 cm³/mol. The SMILES string of the molecule is CC#N.COC(=O)c1ccnc(-c2cc(C(=O)OC)ccn2)c1.F[P-](F)(F)(F)(F)F.[Cu+].c1ccc([PH+](c2ccccc2)c2ccccc2Oc2ccccc2[PH+](c2ccccc2)c2ccccc2)cc1. The summed E-state index contributed by atoms with van der Waals surface area (Å²) in [5, 5.41) is 15.2. The average Bonchev–Trinajstić information content (AvgIpc) is 3.35. The van der Waals surface area contributed by atoms with Gasteiger partial charge in [0.05, 0.1) is 42.8 Å². The molecule has 0 unspecified atom stereocenters. The second kappa shape index (κ2) is 25.2. The van der Waals surface area contributed by atoms with Gasteiger partial charge < -0.3 is 14.2 Å². The van der Waals surface area contributed by atoms with Crippen LogP contribution in [0.1, 0.15) is 27.6 Å². The molecule has 6 aromatic carbocycles. The number of nitrogens with zero attached hydrogens (tertiary/aromatic N) is 3. The number of pyridine rings is 2. The number of hydrogen-bond acceptors (Lipinski definition) is 8. The van der Waals surface area contributed by atoms with Crippen LogP contribution in [0.4, 0.5) is 25.2 Å². The molecule has 0 spiro atoms. The monoisotopic (exact) mass is 1060 g/mol. The van der Waals surface area contributed by atoms with Gasteiger partial charge in [-0.05, 0) is 97.1 Å². The van der Waals surface area contributed by atoms with Crippen LogP contribution >= 0.6 is 23.7 Å². The molecule has 0 aliphatic rings. The fourth-order valence-electron chi connectivity index (χ4n) is 6.65. The van der Waals surface area contributed by atoms with Crippen LogP contribution in [0.15, 0.2) is 207 Å². The Labute approximate surface area is 414 Å². The van der Waals surface area contributed by atoms with E-state index in [0.717, 1.165) is 11.5 Å². The summed E-state index contributed by atoms with van der Waals surface area (Å²) in [6.07, 6.45) is 2.96. The summed E-state index contributed by atoms with van der Waals surface area (Å²) in [5.41, 5.74) is 1.67. The van der Waals surface area contributed by atoms with Crippen molar-refractivity contribution in [3.63, 3.8) is 0 Å². The minimum atomic E-state index is -10.7. The first-order valence-corrected chi connectivity index (χ1v) is 25.7. The van der Waals surface area contributed by atoms with Crippen LogP contribution in [0, 0.1) is 11.3 Å². The van der Waals surface area contributed by atoms with Crippen molar-refractivity contribution in [2.75, 3.05) is 14.2 Å². The molecule has 364 valence electrons. The molecule has 8 nitrogen and oxygen atoms in total. The van der Waals surface area contributed by atoms with Crippen LogP contribution in [0.25, 0.3) is 11.4 Å². The summed E-state index contributed by atoms with van der Waals surface area (Å²) in [6.45, 7) is 1.43. The fraction of sp³-hybridized carbons (Fsp3) is 0.0577. The van der Waals surface area contributed by atoms with Crippen molar-refractivity contribution < 1.29 is 66.0 Å². The molecule has 0 atom stereocenters. The molecule has 2 heterocycles. The Kier molecular flexibility index (Phi) is 20.1. The number of para-hydroxylation sites is 2. The van der Waals surface area contributed by atoms with Crippen molar-refractivity contribution in [2.24, 2.45) is 0 Å². The number of esters is 2. The quantitative estimate of drug-likeness (QED) is 0.0545. The van der Waals surface area contributed by atoms with Gasteiger partial charge in [0.2, 0.25) is 0 Å². The molecule has 70 heavy (non-hydrogen) atoms. The summed E-state index contributed by atoms with van der Waals surface area (Å²) in [5.74, 6) is 0.929. The zero-order valence-corrected chi connectivity index (χ0v) is 41.4. The number of nitriles is 1. The van der Waals surface area contributed by atoms with E-state index in [-0.39, 0.29) is 17.1 Å². The van der Waals surface area contributed by atoms with Gasteiger partial charge >= 0.3 is 62.0 Å². The van der Waals surface area contributed by atoms with Crippen molar-refractivity contribution in [2.45, 2.75) is 6.92 Å². The molecule has 0 saturated carbocycles. The van der Waals surface area contributed by atoms with Gasteiger partial charge in [0.25, 0.3) is 0 Å². The van der Waals surface area contributed by atoms with E-state index in [4.69, 9.17) is 10.00 Å².